The fourth-order valence-corrected chi connectivity index (χ4v) is 4.05. The van der Waals surface area contributed by atoms with Crippen LogP contribution in [0.3, 0.4) is 0 Å². The second-order valence-corrected chi connectivity index (χ2v) is 7.90. The van der Waals surface area contributed by atoms with Gasteiger partial charge >= 0.3 is 0 Å². The summed E-state index contributed by atoms with van der Waals surface area (Å²) >= 11 is 13.6. The molecule has 2 aromatic carbocycles. The monoisotopic (exact) mass is 434 g/mol. The second kappa shape index (κ2) is 9.45. The summed E-state index contributed by atoms with van der Waals surface area (Å²) in [6, 6.07) is 15.3. The summed E-state index contributed by atoms with van der Waals surface area (Å²) in [5.41, 5.74) is 1.82. The molecular weight excluding hydrogens is 415 g/mol. The number of halogens is 2. The molecule has 8 heteroatoms. The molecule has 0 fully saturated rings. The average Bonchev–Trinajstić information content (AvgIpc) is 3.13. The van der Waals surface area contributed by atoms with E-state index in [1.165, 1.54) is 11.8 Å². The van der Waals surface area contributed by atoms with E-state index < -0.39 is 0 Å². The van der Waals surface area contributed by atoms with Crippen LogP contribution in [0.15, 0.2) is 53.7 Å². The summed E-state index contributed by atoms with van der Waals surface area (Å²) < 4.78 is 2.01. The van der Waals surface area contributed by atoms with Crippen molar-refractivity contribution >= 4 is 40.9 Å². The van der Waals surface area contributed by atoms with Gasteiger partial charge in [0.25, 0.3) is 0 Å². The number of carbonyl (C=O) groups is 1. The van der Waals surface area contributed by atoms with Gasteiger partial charge in [-0.05, 0) is 18.6 Å². The van der Waals surface area contributed by atoms with Crippen LogP contribution in [0, 0.1) is 0 Å². The van der Waals surface area contributed by atoms with Crippen molar-refractivity contribution in [3.8, 4) is 11.4 Å². The van der Waals surface area contributed by atoms with Crippen molar-refractivity contribution in [3.63, 3.8) is 0 Å². The zero-order valence-electron chi connectivity index (χ0n) is 15.6. The lowest BCUT2D eigenvalue weighted by Gasteiger charge is -2.18. The molecule has 0 saturated heterocycles. The molecule has 0 radical (unpaired) electrons. The summed E-state index contributed by atoms with van der Waals surface area (Å²) in [5, 5.41) is 10.3. The Morgan fingerprint density at radius 2 is 1.86 bits per heavy atom. The fraction of sp³-hybridized carbons (Fsp3) is 0.250. The smallest absolute Gasteiger partial charge is 0.233 e. The van der Waals surface area contributed by atoms with E-state index in [0.717, 1.165) is 28.7 Å². The molecule has 3 aromatic rings. The van der Waals surface area contributed by atoms with Gasteiger partial charge in [0.2, 0.25) is 5.91 Å². The first-order valence-corrected chi connectivity index (χ1v) is 10.5. The summed E-state index contributed by atoms with van der Waals surface area (Å²) in [4.78, 5) is 14.2. The average molecular weight is 435 g/mol. The molecule has 0 unspecified atom stereocenters. The molecule has 0 aliphatic rings. The predicted molar refractivity (Wildman–Crippen MR) is 115 cm³/mol. The van der Waals surface area contributed by atoms with Crippen molar-refractivity contribution in [3.05, 3.63) is 64.1 Å². The molecule has 28 heavy (non-hydrogen) atoms. The summed E-state index contributed by atoms with van der Waals surface area (Å²) in [5.74, 6) is 1.05. The molecule has 1 aromatic heterocycles. The highest BCUT2D eigenvalue weighted by molar-refractivity contribution is 7.99. The van der Waals surface area contributed by atoms with Crippen molar-refractivity contribution in [1.29, 1.82) is 0 Å². The lowest BCUT2D eigenvalue weighted by atomic mass is 10.2. The standard InChI is InChI=1S/C20H20Cl2N4OS/c1-3-26-19(14-8-5-4-6-9-14)23-24-20(26)28-13-17(27)25(2)12-15-10-7-11-16(21)18(15)22/h4-11H,3,12-13H2,1-2H3. The van der Waals surface area contributed by atoms with E-state index in [4.69, 9.17) is 23.2 Å². The van der Waals surface area contributed by atoms with Crippen molar-refractivity contribution in [2.45, 2.75) is 25.2 Å². The minimum Gasteiger partial charge on any atom is -0.341 e. The molecule has 0 bridgehead atoms. The van der Waals surface area contributed by atoms with Gasteiger partial charge in [0, 0.05) is 25.7 Å². The maximum atomic E-state index is 12.6. The van der Waals surface area contributed by atoms with Crippen molar-refractivity contribution < 1.29 is 4.79 Å². The molecule has 0 spiro atoms. The number of hydrogen-bond acceptors (Lipinski definition) is 4. The molecule has 0 aliphatic carbocycles. The van der Waals surface area contributed by atoms with Gasteiger partial charge in [-0.3, -0.25) is 4.79 Å². The Labute approximate surface area is 178 Å². The van der Waals surface area contributed by atoms with Crippen LogP contribution in [0.25, 0.3) is 11.4 Å². The third-order valence-corrected chi connectivity index (χ3v) is 6.06. The molecule has 5 nitrogen and oxygen atoms in total. The number of hydrogen-bond donors (Lipinski definition) is 0. The highest BCUT2D eigenvalue weighted by Gasteiger charge is 2.17. The second-order valence-electron chi connectivity index (χ2n) is 6.17. The van der Waals surface area contributed by atoms with Gasteiger partial charge in [0.05, 0.1) is 15.8 Å². The van der Waals surface area contributed by atoms with Gasteiger partial charge in [0.1, 0.15) is 0 Å². The number of amides is 1. The van der Waals surface area contributed by atoms with E-state index in [1.54, 1.807) is 18.0 Å². The summed E-state index contributed by atoms with van der Waals surface area (Å²) in [6.07, 6.45) is 0. The van der Waals surface area contributed by atoms with Crippen molar-refractivity contribution in [2.24, 2.45) is 0 Å². The number of nitrogens with zero attached hydrogens (tertiary/aromatic N) is 4. The van der Waals surface area contributed by atoms with Crippen molar-refractivity contribution in [1.82, 2.24) is 19.7 Å². The van der Waals surface area contributed by atoms with Crippen LogP contribution in [-0.2, 0) is 17.9 Å². The Balaban J connectivity index is 1.66. The van der Waals surface area contributed by atoms with E-state index in [2.05, 4.69) is 10.2 Å². The highest BCUT2D eigenvalue weighted by atomic mass is 35.5. The summed E-state index contributed by atoms with van der Waals surface area (Å²) in [6.45, 7) is 3.16. The quantitative estimate of drug-likeness (QED) is 0.489. The Bertz CT molecular complexity index is 962. The van der Waals surface area contributed by atoms with Gasteiger partial charge < -0.3 is 9.47 Å². The molecule has 0 atom stereocenters. The zero-order valence-corrected chi connectivity index (χ0v) is 17.9. The van der Waals surface area contributed by atoms with Gasteiger partial charge in [-0.25, -0.2) is 0 Å². The lowest BCUT2D eigenvalue weighted by molar-refractivity contribution is -0.127. The molecule has 0 aliphatic heterocycles. The Morgan fingerprint density at radius 1 is 1.11 bits per heavy atom. The number of aromatic nitrogens is 3. The van der Waals surface area contributed by atoms with E-state index in [1.807, 2.05) is 54.0 Å². The Hall–Kier alpha value is -2.02. The first-order chi connectivity index (χ1) is 13.5. The summed E-state index contributed by atoms with van der Waals surface area (Å²) in [7, 11) is 1.75. The highest BCUT2D eigenvalue weighted by Crippen LogP contribution is 2.27. The number of carbonyl (C=O) groups excluding carboxylic acids is 1. The third-order valence-electron chi connectivity index (χ3n) is 4.25. The van der Waals surface area contributed by atoms with Crippen LogP contribution >= 0.6 is 35.0 Å². The van der Waals surface area contributed by atoms with Crippen LogP contribution in [0.5, 0.6) is 0 Å². The maximum absolute atomic E-state index is 12.6. The first-order valence-electron chi connectivity index (χ1n) is 8.79. The molecular formula is C20H20Cl2N4OS. The van der Waals surface area contributed by atoms with E-state index in [9.17, 15) is 4.79 Å². The van der Waals surface area contributed by atoms with E-state index >= 15 is 0 Å². The predicted octanol–water partition coefficient (Wildman–Crippen LogP) is 5.02. The molecule has 0 saturated carbocycles. The lowest BCUT2D eigenvalue weighted by Crippen LogP contribution is -2.28. The van der Waals surface area contributed by atoms with Crippen LogP contribution in [0.1, 0.15) is 12.5 Å². The normalized spacial score (nSPS) is 10.9. The number of thioether (sulfide) groups is 1. The van der Waals surface area contributed by atoms with Crippen molar-refractivity contribution in [2.75, 3.05) is 12.8 Å². The first kappa shape index (κ1) is 20.7. The zero-order chi connectivity index (χ0) is 20.1. The SMILES string of the molecule is CCn1c(SCC(=O)N(C)Cc2cccc(Cl)c2Cl)nnc1-c1ccccc1. The minimum absolute atomic E-state index is 0.0204. The van der Waals surface area contributed by atoms with Gasteiger partial charge in [0.15, 0.2) is 11.0 Å². The molecule has 1 amide bonds. The molecule has 3 rings (SSSR count). The topological polar surface area (TPSA) is 51.0 Å². The van der Waals surface area contributed by atoms with Gasteiger partial charge in [-0.15, -0.1) is 10.2 Å². The van der Waals surface area contributed by atoms with Crippen LogP contribution in [0.2, 0.25) is 10.0 Å². The third kappa shape index (κ3) is 4.69. The van der Waals surface area contributed by atoms with E-state index in [-0.39, 0.29) is 11.7 Å². The molecule has 1 heterocycles. The largest absolute Gasteiger partial charge is 0.341 e. The van der Waals surface area contributed by atoms with Gasteiger partial charge in [-0.1, -0.05) is 77.4 Å². The molecule has 0 N–H and O–H groups in total. The van der Waals surface area contributed by atoms with Gasteiger partial charge in [-0.2, -0.15) is 0 Å². The minimum atomic E-state index is -0.0204. The molecule has 146 valence electrons. The Morgan fingerprint density at radius 3 is 2.57 bits per heavy atom. The number of rotatable bonds is 7. The fourth-order valence-electron chi connectivity index (χ4n) is 2.73. The Kier molecular flexibility index (Phi) is 6.99. The van der Waals surface area contributed by atoms with E-state index in [0.29, 0.717) is 16.6 Å². The van der Waals surface area contributed by atoms with Crippen LogP contribution in [-0.4, -0.2) is 38.4 Å². The number of benzene rings is 2. The maximum Gasteiger partial charge on any atom is 0.233 e. The van der Waals surface area contributed by atoms with Crippen LogP contribution < -0.4 is 0 Å². The van der Waals surface area contributed by atoms with Crippen LogP contribution in [0.4, 0.5) is 0 Å².